The quantitative estimate of drug-likeness (QED) is 0.897. The summed E-state index contributed by atoms with van der Waals surface area (Å²) in [7, 11) is 0. The molecule has 2 heterocycles. The van der Waals surface area contributed by atoms with Gasteiger partial charge in [-0.1, -0.05) is 20.3 Å². The van der Waals surface area contributed by atoms with Gasteiger partial charge in [0.05, 0.1) is 17.3 Å². The van der Waals surface area contributed by atoms with E-state index in [1.807, 2.05) is 0 Å². The average molecular weight is 254 g/mol. The Morgan fingerprint density at radius 1 is 1.53 bits per heavy atom. The Labute approximate surface area is 107 Å². The number of rotatable bonds is 4. The molecule has 1 fully saturated rings. The van der Waals surface area contributed by atoms with Crippen LogP contribution in [0.3, 0.4) is 0 Å². The fourth-order valence-corrected chi connectivity index (χ4v) is 3.17. The molecule has 2 rings (SSSR count). The lowest BCUT2D eigenvalue weighted by atomic mass is 10.0. The summed E-state index contributed by atoms with van der Waals surface area (Å²) < 4.78 is 0. The van der Waals surface area contributed by atoms with E-state index in [-0.39, 0.29) is 6.61 Å². The molecule has 0 radical (unpaired) electrons. The number of thiazole rings is 1. The molecule has 0 aliphatic carbocycles. The molecule has 1 saturated heterocycles. The van der Waals surface area contributed by atoms with Crippen molar-refractivity contribution < 1.29 is 5.11 Å². The molecule has 0 spiro atoms. The Balaban J connectivity index is 1.98. The molecule has 3 nitrogen and oxygen atoms in total. The van der Waals surface area contributed by atoms with E-state index in [4.69, 9.17) is 0 Å². The second-order valence-corrected chi connectivity index (χ2v) is 6.02. The van der Waals surface area contributed by atoms with Crippen LogP contribution in [0.2, 0.25) is 0 Å². The summed E-state index contributed by atoms with van der Waals surface area (Å²) in [6.45, 7) is 6.63. The maximum Gasteiger partial charge on any atom is 0.0954 e. The molecule has 4 heteroatoms. The highest BCUT2D eigenvalue weighted by Gasteiger charge is 2.22. The molecular weight excluding hydrogens is 232 g/mol. The lowest BCUT2D eigenvalue weighted by molar-refractivity contribution is 0.0832. The van der Waals surface area contributed by atoms with E-state index in [1.54, 1.807) is 11.3 Å². The topological polar surface area (TPSA) is 36.4 Å². The summed E-state index contributed by atoms with van der Waals surface area (Å²) in [5.41, 5.74) is 1.17. The van der Waals surface area contributed by atoms with Crippen molar-refractivity contribution in [1.82, 2.24) is 9.88 Å². The first kappa shape index (κ1) is 13.0. The van der Waals surface area contributed by atoms with E-state index < -0.39 is 0 Å². The predicted molar refractivity (Wildman–Crippen MR) is 71.3 cm³/mol. The van der Waals surface area contributed by atoms with Crippen LogP contribution in [0.25, 0.3) is 0 Å². The summed E-state index contributed by atoms with van der Waals surface area (Å²) in [6, 6.07) is 0.341. The standard InChI is InChI=1S/C13H22N2OS/c1-10(2)13-14-11(9-17-13)7-15-6-4-3-5-12(15)8-16/h9-10,12,16H,3-8H2,1-2H3/t12-/m1/s1. The van der Waals surface area contributed by atoms with Gasteiger partial charge in [-0.3, -0.25) is 4.90 Å². The first-order chi connectivity index (χ1) is 8.20. The number of aromatic nitrogens is 1. The monoisotopic (exact) mass is 254 g/mol. The maximum absolute atomic E-state index is 9.37. The van der Waals surface area contributed by atoms with E-state index >= 15 is 0 Å². The van der Waals surface area contributed by atoms with Crippen LogP contribution in [0.1, 0.15) is 49.7 Å². The molecule has 1 N–H and O–H groups in total. The number of piperidine rings is 1. The van der Waals surface area contributed by atoms with Gasteiger partial charge in [0.15, 0.2) is 0 Å². The maximum atomic E-state index is 9.37. The number of nitrogens with zero attached hydrogens (tertiary/aromatic N) is 2. The lowest BCUT2D eigenvalue weighted by Gasteiger charge is -2.33. The minimum absolute atomic E-state index is 0.279. The van der Waals surface area contributed by atoms with Gasteiger partial charge in [0.2, 0.25) is 0 Å². The Hall–Kier alpha value is -0.450. The van der Waals surface area contributed by atoms with Crippen LogP contribution in [0, 0.1) is 0 Å². The third-order valence-electron chi connectivity index (χ3n) is 3.39. The van der Waals surface area contributed by atoms with Crippen molar-refractivity contribution in [2.24, 2.45) is 0 Å². The molecule has 0 unspecified atom stereocenters. The summed E-state index contributed by atoms with van der Waals surface area (Å²) >= 11 is 1.75. The summed E-state index contributed by atoms with van der Waals surface area (Å²) in [6.07, 6.45) is 3.62. The molecule has 1 aromatic heterocycles. The van der Waals surface area contributed by atoms with Gasteiger partial charge in [0.1, 0.15) is 0 Å². The van der Waals surface area contributed by atoms with Crippen LogP contribution in [-0.4, -0.2) is 34.2 Å². The van der Waals surface area contributed by atoms with Gasteiger partial charge < -0.3 is 5.11 Å². The highest BCUT2D eigenvalue weighted by Crippen LogP contribution is 2.23. The van der Waals surface area contributed by atoms with Crippen LogP contribution < -0.4 is 0 Å². The molecule has 1 aromatic rings. The fourth-order valence-electron chi connectivity index (χ4n) is 2.34. The van der Waals surface area contributed by atoms with Gasteiger partial charge in [-0.2, -0.15) is 0 Å². The minimum Gasteiger partial charge on any atom is -0.395 e. The van der Waals surface area contributed by atoms with Gasteiger partial charge in [-0.15, -0.1) is 11.3 Å². The summed E-state index contributed by atoms with van der Waals surface area (Å²) in [5, 5.41) is 12.8. The van der Waals surface area contributed by atoms with Gasteiger partial charge in [-0.05, 0) is 19.4 Å². The second kappa shape index (κ2) is 5.94. The Morgan fingerprint density at radius 2 is 2.35 bits per heavy atom. The molecular formula is C13H22N2OS. The normalized spacial score (nSPS) is 22.2. The molecule has 1 atom stereocenters. The number of aliphatic hydroxyl groups is 1. The van der Waals surface area contributed by atoms with Crippen LogP contribution >= 0.6 is 11.3 Å². The van der Waals surface area contributed by atoms with Crippen LogP contribution in [0.15, 0.2) is 5.38 Å². The number of hydrogen-bond acceptors (Lipinski definition) is 4. The molecule has 1 aliphatic rings. The van der Waals surface area contributed by atoms with Gasteiger partial charge in [0.25, 0.3) is 0 Å². The Bertz CT molecular complexity index is 351. The average Bonchev–Trinajstić information content (AvgIpc) is 2.78. The SMILES string of the molecule is CC(C)c1nc(CN2CCCC[C@@H]2CO)cs1. The van der Waals surface area contributed by atoms with Crippen LogP contribution in [-0.2, 0) is 6.54 Å². The second-order valence-electron chi connectivity index (χ2n) is 5.13. The first-order valence-electron chi connectivity index (χ1n) is 6.50. The van der Waals surface area contributed by atoms with E-state index in [0.29, 0.717) is 12.0 Å². The zero-order valence-corrected chi connectivity index (χ0v) is 11.5. The van der Waals surface area contributed by atoms with Crippen LogP contribution in [0.5, 0.6) is 0 Å². The highest BCUT2D eigenvalue weighted by molar-refractivity contribution is 7.09. The molecule has 1 aliphatic heterocycles. The molecule has 0 amide bonds. The van der Waals surface area contributed by atoms with Crippen molar-refractivity contribution in [3.63, 3.8) is 0 Å². The van der Waals surface area contributed by atoms with Gasteiger partial charge in [0, 0.05) is 23.9 Å². The first-order valence-corrected chi connectivity index (χ1v) is 7.38. The van der Waals surface area contributed by atoms with Crippen LogP contribution in [0.4, 0.5) is 0 Å². The van der Waals surface area contributed by atoms with E-state index in [1.165, 1.54) is 23.5 Å². The fraction of sp³-hybridized carbons (Fsp3) is 0.769. The highest BCUT2D eigenvalue weighted by atomic mass is 32.1. The predicted octanol–water partition coefficient (Wildman–Crippen LogP) is 2.61. The van der Waals surface area contributed by atoms with E-state index in [2.05, 4.69) is 29.1 Å². The lowest BCUT2D eigenvalue weighted by Crippen LogP contribution is -2.41. The third kappa shape index (κ3) is 3.27. The van der Waals surface area contributed by atoms with Crippen molar-refractivity contribution >= 4 is 11.3 Å². The smallest absolute Gasteiger partial charge is 0.0954 e. The number of likely N-dealkylation sites (tertiary alicyclic amines) is 1. The van der Waals surface area contributed by atoms with Crippen molar-refractivity contribution in [2.45, 2.75) is 51.6 Å². The third-order valence-corrected chi connectivity index (χ3v) is 4.58. The summed E-state index contributed by atoms with van der Waals surface area (Å²) in [5.74, 6) is 0.517. The molecule has 0 saturated carbocycles. The Morgan fingerprint density at radius 3 is 3.00 bits per heavy atom. The number of aliphatic hydroxyl groups excluding tert-OH is 1. The van der Waals surface area contributed by atoms with Gasteiger partial charge >= 0.3 is 0 Å². The number of hydrogen-bond donors (Lipinski definition) is 1. The van der Waals surface area contributed by atoms with Crippen molar-refractivity contribution in [3.8, 4) is 0 Å². The minimum atomic E-state index is 0.279. The van der Waals surface area contributed by atoms with Gasteiger partial charge in [-0.25, -0.2) is 4.98 Å². The zero-order chi connectivity index (χ0) is 12.3. The van der Waals surface area contributed by atoms with E-state index in [9.17, 15) is 5.11 Å². The van der Waals surface area contributed by atoms with E-state index in [0.717, 1.165) is 19.5 Å². The Kier molecular flexibility index (Phi) is 4.54. The molecule has 96 valence electrons. The molecule has 0 bridgehead atoms. The van der Waals surface area contributed by atoms with Crippen molar-refractivity contribution in [1.29, 1.82) is 0 Å². The summed E-state index contributed by atoms with van der Waals surface area (Å²) in [4.78, 5) is 7.05. The molecule has 0 aromatic carbocycles. The largest absolute Gasteiger partial charge is 0.395 e. The van der Waals surface area contributed by atoms with Crippen molar-refractivity contribution in [2.75, 3.05) is 13.2 Å². The zero-order valence-electron chi connectivity index (χ0n) is 10.7. The molecule has 17 heavy (non-hydrogen) atoms. The van der Waals surface area contributed by atoms with Crippen molar-refractivity contribution in [3.05, 3.63) is 16.1 Å².